The summed E-state index contributed by atoms with van der Waals surface area (Å²) in [6.45, 7) is 8.84. The fourth-order valence-electron chi connectivity index (χ4n) is 3.01. The van der Waals surface area contributed by atoms with E-state index in [1.165, 1.54) is 44.1 Å². The molecule has 3 aromatic rings. The summed E-state index contributed by atoms with van der Waals surface area (Å²) in [6.07, 6.45) is 2.19. The summed E-state index contributed by atoms with van der Waals surface area (Å²) in [5.74, 6) is 0. The van der Waals surface area contributed by atoms with E-state index in [9.17, 15) is 0 Å². The van der Waals surface area contributed by atoms with Gasteiger partial charge in [0, 0.05) is 21.8 Å². The van der Waals surface area contributed by atoms with Crippen LogP contribution in [0.15, 0.2) is 24.3 Å². The minimum atomic E-state index is 1.09. The van der Waals surface area contributed by atoms with E-state index in [4.69, 9.17) is 0 Å². The van der Waals surface area contributed by atoms with Crippen LogP contribution in [-0.4, -0.2) is 4.98 Å². The lowest BCUT2D eigenvalue weighted by molar-refractivity contribution is 1.14. The normalized spacial score (nSPS) is 11.6. The van der Waals surface area contributed by atoms with Crippen molar-refractivity contribution in [1.29, 1.82) is 0 Å². The molecule has 0 aliphatic rings. The number of benzene rings is 2. The minimum absolute atomic E-state index is 1.09. The fraction of sp³-hybridized carbons (Fsp3) is 0.333. The molecule has 2 aromatic carbocycles. The standard InChI is InChI=1S/C18H21N/c1-5-13-7-11(3)17-15(9-13)16-10-14(6-2)8-12(4)18(16)19-17/h7-10,19H,5-6H2,1-4H3. The average Bonchev–Trinajstić information content (AvgIpc) is 2.78. The van der Waals surface area contributed by atoms with Crippen molar-refractivity contribution in [2.45, 2.75) is 40.5 Å². The molecule has 1 nitrogen and oxygen atoms in total. The lowest BCUT2D eigenvalue weighted by atomic mass is 10.0. The second-order valence-corrected chi connectivity index (χ2v) is 5.50. The predicted octanol–water partition coefficient (Wildman–Crippen LogP) is 5.06. The lowest BCUT2D eigenvalue weighted by Crippen LogP contribution is -1.84. The van der Waals surface area contributed by atoms with Crippen LogP contribution < -0.4 is 0 Å². The molecule has 0 amide bonds. The zero-order valence-corrected chi connectivity index (χ0v) is 12.2. The van der Waals surface area contributed by atoms with Crippen LogP contribution in [0.2, 0.25) is 0 Å². The highest BCUT2D eigenvalue weighted by molar-refractivity contribution is 6.09. The summed E-state index contributed by atoms with van der Waals surface area (Å²) in [7, 11) is 0. The van der Waals surface area contributed by atoms with Gasteiger partial charge in [0.2, 0.25) is 0 Å². The van der Waals surface area contributed by atoms with Gasteiger partial charge in [-0.15, -0.1) is 0 Å². The summed E-state index contributed by atoms with van der Waals surface area (Å²) in [5.41, 5.74) is 8.13. The molecule has 0 saturated heterocycles. The molecular formula is C18H21N. The van der Waals surface area contributed by atoms with E-state index in [-0.39, 0.29) is 0 Å². The van der Waals surface area contributed by atoms with Crippen molar-refractivity contribution in [3.8, 4) is 0 Å². The zero-order valence-electron chi connectivity index (χ0n) is 12.2. The molecule has 0 radical (unpaired) electrons. The smallest absolute Gasteiger partial charge is 0.0494 e. The van der Waals surface area contributed by atoms with Gasteiger partial charge < -0.3 is 4.98 Å². The van der Waals surface area contributed by atoms with Gasteiger partial charge in [-0.1, -0.05) is 26.0 Å². The highest BCUT2D eigenvalue weighted by Crippen LogP contribution is 2.31. The van der Waals surface area contributed by atoms with E-state index < -0.39 is 0 Å². The van der Waals surface area contributed by atoms with Crippen molar-refractivity contribution in [2.75, 3.05) is 0 Å². The van der Waals surface area contributed by atoms with Crippen LogP contribution in [0.5, 0.6) is 0 Å². The number of H-pyrrole nitrogens is 1. The quantitative estimate of drug-likeness (QED) is 0.655. The van der Waals surface area contributed by atoms with Crippen LogP contribution in [0.4, 0.5) is 0 Å². The summed E-state index contributed by atoms with van der Waals surface area (Å²) in [6, 6.07) is 9.29. The number of hydrogen-bond donors (Lipinski definition) is 1. The van der Waals surface area contributed by atoms with Gasteiger partial charge in [-0.3, -0.25) is 0 Å². The Bertz CT molecular complexity index is 698. The minimum Gasteiger partial charge on any atom is -0.354 e. The van der Waals surface area contributed by atoms with E-state index in [1.807, 2.05) is 0 Å². The van der Waals surface area contributed by atoms with E-state index in [2.05, 4.69) is 56.9 Å². The van der Waals surface area contributed by atoms with E-state index in [0.717, 1.165) is 12.8 Å². The topological polar surface area (TPSA) is 15.8 Å². The third kappa shape index (κ3) is 1.85. The van der Waals surface area contributed by atoms with Gasteiger partial charge in [-0.05, 0) is 61.1 Å². The Morgan fingerprint density at radius 1 is 0.737 bits per heavy atom. The van der Waals surface area contributed by atoms with Crippen molar-refractivity contribution in [2.24, 2.45) is 0 Å². The molecule has 0 fully saturated rings. The molecule has 19 heavy (non-hydrogen) atoms. The number of rotatable bonds is 2. The van der Waals surface area contributed by atoms with Crippen LogP contribution in [0.1, 0.15) is 36.1 Å². The molecule has 0 aliphatic carbocycles. The first-order chi connectivity index (χ1) is 9.13. The highest BCUT2D eigenvalue weighted by atomic mass is 14.7. The summed E-state index contributed by atoms with van der Waals surface area (Å²) in [5, 5.41) is 2.76. The van der Waals surface area contributed by atoms with Gasteiger partial charge >= 0.3 is 0 Å². The van der Waals surface area contributed by atoms with Gasteiger partial charge in [0.1, 0.15) is 0 Å². The fourth-order valence-corrected chi connectivity index (χ4v) is 3.01. The second kappa shape index (κ2) is 4.41. The van der Waals surface area contributed by atoms with Crippen LogP contribution in [-0.2, 0) is 12.8 Å². The zero-order chi connectivity index (χ0) is 13.6. The second-order valence-electron chi connectivity index (χ2n) is 5.50. The van der Waals surface area contributed by atoms with Crippen LogP contribution in [0.25, 0.3) is 21.8 Å². The Labute approximate surface area is 114 Å². The van der Waals surface area contributed by atoms with Crippen LogP contribution in [0, 0.1) is 13.8 Å². The van der Waals surface area contributed by atoms with Crippen LogP contribution >= 0.6 is 0 Å². The monoisotopic (exact) mass is 251 g/mol. The molecule has 1 heteroatoms. The van der Waals surface area contributed by atoms with Crippen molar-refractivity contribution in [1.82, 2.24) is 4.98 Å². The molecule has 3 rings (SSSR count). The van der Waals surface area contributed by atoms with Crippen molar-refractivity contribution in [3.63, 3.8) is 0 Å². The van der Waals surface area contributed by atoms with Crippen molar-refractivity contribution < 1.29 is 0 Å². The molecular weight excluding hydrogens is 230 g/mol. The maximum atomic E-state index is 3.62. The SMILES string of the molecule is CCc1cc(C)c2[nH]c3c(C)cc(CC)cc3c2c1. The Balaban J connectivity index is 2.47. The Hall–Kier alpha value is -1.76. The Morgan fingerprint density at radius 3 is 1.53 bits per heavy atom. The summed E-state index contributed by atoms with van der Waals surface area (Å²) in [4.78, 5) is 3.62. The predicted molar refractivity (Wildman–Crippen MR) is 84.0 cm³/mol. The molecule has 0 saturated carbocycles. The molecule has 0 spiro atoms. The number of hydrogen-bond acceptors (Lipinski definition) is 0. The lowest BCUT2D eigenvalue weighted by Gasteiger charge is -2.03. The molecule has 1 aromatic heterocycles. The first-order valence-corrected chi connectivity index (χ1v) is 7.18. The average molecular weight is 251 g/mol. The van der Waals surface area contributed by atoms with Crippen molar-refractivity contribution in [3.05, 3.63) is 46.5 Å². The largest absolute Gasteiger partial charge is 0.354 e. The highest BCUT2D eigenvalue weighted by Gasteiger charge is 2.10. The number of fused-ring (bicyclic) bond motifs is 3. The molecule has 1 N–H and O–H groups in total. The van der Waals surface area contributed by atoms with E-state index >= 15 is 0 Å². The molecule has 98 valence electrons. The van der Waals surface area contributed by atoms with Gasteiger partial charge in [-0.25, -0.2) is 0 Å². The van der Waals surface area contributed by atoms with Crippen LogP contribution in [0.3, 0.4) is 0 Å². The van der Waals surface area contributed by atoms with E-state index in [0.29, 0.717) is 0 Å². The van der Waals surface area contributed by atoms with Gasteiger partial charge in [0.05, 0.1) is 0 Å². The van der Waals surface area contributed by atoms with Gasteiger partial charge in [0.25, 0.3) is 0 Å². The molecule has 1 heterocycles. The van der Waals surface area contributed by atoms with Crippen molar-refractivity contribution >= 4 is 21.8 Å². The number of aromatic nitrogens is 1. The molecule has 0 bridgehead atoms. The van der Waals surface area contributed by atoms with Gasteiger partial charge in [0.15, 0.2) is 0 Å². The maximum Gasteiger partial charge on any atom is 0.0494 e. The Morgan fingerprint density at radius 2 is 1.16 bits per heavy atom. The number of aromatic amines is 1. The summed E-state index contributed by atoms with van der Waals surface area (Å²) < 4.78 is 0. The first-order valence-electron chi connectivity index (χ1n) is 7.18. The first kappa shape index (κ1) is 12.3. The molecule has 0 atom stereocenters. The maximum absolute atomic E-state index is 3.62. The van der Waals surface area contributed by atoms with Gasteiger partial charge in [-0.2, -0.15) is 0 Å². The van der Waals surface area contributed by atoms with E-state index in [1.54, 1.807) is 0 Å². The Kier molecular flexibility index (Phi) is 2.85. The number of nitrogens with one attached hydrogen (secondary N) is 1. The molecule has 0 unspecified atom stereocenters. The summed E-state index contributed by atoms with van der Waals surface area (Å²) >= 11 is 0. The number of aryl methyl sites for hydroxylation is 4. The third-order valence-corrected chi connectivity index (χ3v) is 4.15. The molecule has 0 aliphatic heterocycles. The third-order valence-electron chi connectivity index (χ3n) is 4.15.